The quantitative estimate of drug-likeness (QED) is 0.602. The van der Waals surface area contributed by atoms with Crippen LogP contribution >= 0.6 is 11.3 Å². The molecule has 1 fully saturated rings. The van der Waals surface area contributed by atoms with Crippen LogP contribution in [0.3, 0.4) is 0 Å². The van der Waals surface area contributed by atoms with Gasteiger partial charge in [-0.05, 0) is 55.0 Å². The van der Waals surface area contributed by atoms with Gasteiger partial charge in [0, 0.05) is 30.0 Å². The van der Waals surface area contributed by atoms with Crippen molar-refractivity contribution in [2.45, 2.75) is 37.8 Å². The van der Waals surface area contributed by atoms with Crippen molar-refractivity contribution in [3.63, 3.8) is 0 Å². The second kappa shape index (κ2) is 8.62. The normalized spacial score (nSPS) is 19.5. The van der Waals surface area contributed by atoms with Crippen LogP contribution in [-0.2, 0) is 11.0 Å². The Labute approximate surface area is 181 Å². The second-order valence-corrected chi connectivity index (χ2v) is 8.38. The molecule has 3 heterocycles. The molecule has 2 atom stereocenters. The Balaban J connectivity index is 1.59. The first kappa shape index (κ1) is 21.2. The van der Waals surface area contributed by atoms with Gasteiger partial charge in [0.05, 0.1) is 5.92 Å². The summed E-state index contributed by atoms with van der Waals surface area (Å²) in [6, 6.07) is 6.58. The van der Waals surface area contributed by atoms with Gasteiger partial charge in [-0.3, -0.25) is 4.79 Å². The first-order chi connectivity index (χ1) is 14.8. The molecule has 4 rings (SSSR count). The third-order valence-electron chi connectivity index (χ3n) is 5.15. The summed E-state index contributed by atoms with van der Waals surface area (Å²) in [7, 11) is 0. The number of amides is 1. The molecule has 1 saturated heterocycles. The number of carbonyl (C=O) groups excluding carboxylic acids is 1. The molecule has 0 saturated carbocycles. The summed E-state index contributed by atoms with van der Waals surface area (Å²) in [6.07, 6.45) is -0.395. The Morgan fingerprint density at radius 3 is 2.77 bits per heavy atom. The van der Waals surface area contributed by atoms with E-state index in [4.69, 9.17) is 0 Å². The summed E-state index contributed by atoms with van der Waals surface area (Å²) < 4.78 is 38.8. The monoisotopic (exact) mass is 447 g/mol. The molecule has 0 spiro atoms. The van der Waals surface area contributed by atoms with E-state index in [0.717, 1.165) is 34.8 Å². The minimum Gasteiger partial charge on any atom is -0.355 e. The molecule has 3 aromatic rings. The minimum absolute atomic E-state index is 0.0270. The number of nitrogens with zero attached hydrogens (tertiary/aromatic N) is 3. The average molecular weight is 447 g/mol. The average Bonchev–Trinajstić information content (AvgIpc) is 3.17. The molecule has 0 radical (unpaired) electrons. The predicted octanol–water partition coefficient (Wildman–Crippen LogP) is 4.78. The fourth-order valence-electron chi connectivity index (χ4n) is 3.75. The molecule has 2 unspecified atom stereocenters. The fraction of sp³-hybridized carbons (Fsp3) is 0.333. The lowest BCUT2D eigenvalue weighted by Gasteiger charge is -2.19. The minimum atomic E-state index is -4.54. The summed E-state index contributed by atoms with van der Waals surface area (Å²) in [5.74, 6) is -0.377. The molecule has 10 heteroatoms. The highest BCUT2D eigenvalue weighted by Gasteiger charge is 2.33. The van der Waals surface area contributed by atoms with E-state index in [0.29, 0.717) is 18.7 Å². The second-order valence-electron chi connectivity index (χ2n) is 7.46. The molecule has 1 amide bonds. The molecule has 2 aromatic heterocycles. The maximum Gasteiger partial charge on any atom is 0.433 e. The van der Waals surface area contributed by atoms with Crippen molar-refractivity contribution in [2.24, 2.45) is 0 Å². The fourth-order valence-corrected chi connectivity index (χ4v) is 4.50. The van der Waals surface area contributed by atoms with Crippen molar-refractivity contribution in [2.75, 3.05) is 11.9 Å². The largest absolute Gasteiger partial charge is 0.433 e. The number of benzene rings is 1. The number of thiazole rings is 1. The summed E-state index contributed by atoms with van der Waals surface area (Å²) in [6.45, 7) is 2.47. The molecule has 0 bridgehead atoms. The number of nitrogens with one attached hydrogen (secondary N) is 2. The van der Waals surface area contributed by atoms with Crippen molar-refractivity contribution in [3.8, 4) is 0 Å². The highest BCUT2D eigenvalue weighted by atomic mass is 32.1. The van der Waals surface area contributed by atoms with Crippen molar-refractivity contribution < 1.29 is 18.0 Å². The molecule has 162 valence electrons. The van der Waals surface area contributed by atoms with Crippen LogP contribution in [0.5, 0.6) is 0 Å². The summed E-state index contributed by atoms with van der Waals surface area (Å²) in [5, 5.41) is 8.48. The number of hydrogen-bond acceptors (Lipinski definition) is 6. The van der Waals surface area contributed by atoms with Crippen LogP contribution in [0.2, 0.25) is 0 Å². The number of halogens is 3. The lowest BCUT2D eigenvalue weighted by molar-refractivity contribution is -0.141. The van der Waals surface area contributed by atoms with Gasteiger partial charge in [0.1, 0.15) is 10.7 Å². The van der Waals surface area contributed by atoms with Gasteiger partial charge in [-0.2, -0.15) is 13.2 Å². The van der Waals surface area contributed by atoms with Gasteiger partial charge in [-0.1, -0.05) is 6.07 Å². The van der Waals surface area contributed by atoms with Crippen LogP contribution in [0.1, 0.15) is 46.5 Å². The summed E-state index contributed by atoms with van der Waals surface area (Å²) in [4.78, 5) is 24.3. The van der Waals surface area contributed by atoms with E-state index in [1.165, 1.54) is 11.3 Å². The van der Waals surface area contributed by atoms with E-state index in [1.54, 1.807) is 6.20 Å². The van der Waals surface area contributed by atoms with Crippen molar-refractivity contribution in [1.29, 1.82) is 0 Å². The number of carbonyl (C=O) groups is 1. The van der Waals surface area contributed by atoms with Gasteiger partial charge < -0.3 is 10.6 Å². The van der Waals surface area contributed by atoms with Crippen molar-refractivity contribution >= 4 is 28.9 Å². The van der Waals surface area contributed by atoms with Gasteiger partial charge in [0.2, 0.25) is 11.9 Å². The van der Waals surface area contributed by atoms with Gasteiger partial charge in [0.15, 0.2) is 0 Å². The molecule has 1 aliphatic heterocycles. The number of alkyl halides is 3. The maximum atomic E-state index is 12.9. The Morgan fingerprint density at radius 1 is 1.19 bits per heavy atom. The number of rotatable bonds is 4. The molecular weight excluding hydrogens is 427 g/mol. The first-order valence-electron chi connectivity index (χ1n) is 9.75. The Kier molecular flexibility index (Phi) is 5.90. The standard InChI is InChI=1S/C21H20F3N5OS/c1-12-8-14(13-2-4-25-18(30)16(11-13)19-26-6-7-31-19)10-15(9-12)28-20-27-5-3-17(29-20)21(22,23)24/h3,5-10,13,16H,2,4,11H2,1H3,(H,25,30)(H,27,28,29). The number of aromatic nitrogens is 3. The van der Waals surface area contributed by atoms with Gasteiger partial charge in [-0.25, -0.2) is 15.0 Å². The van der Waals surface area contributed by atoms with Gasteiger partial charge in [0.25, 0.3) is 0 Å². The third-order valence-corrected chi connectivity index (χ3v) is 6.04. The third kappa shape index (κ3) is 5.01. The van der Waals surface area contributed by atoms with Crippen molar-refractivity contribution in [1.82, 2.24) is 20.3 Å². The van der Waals surface area contributed by atoms with E-state index < -0.39 is 11.9 Å². The van der Waals surface area contributed by atoms with Crippen molar-refractivity contribution in [3.05, 3.63) is 63.9 Å². The lowest BCUT2D eigenvalue weighted by Crippen LogP contribution is -2.27. The highest BCUT2D eigenvalue weighted by Crippen LogP contribution is 2.36. The van der Waals surface area contributed by atoms with E-state index in [2.05, 4.69) is 25.6 Å². The molecule has 31 heavy (non-hydrogen) atoms. The molecule has 2 N–H and O–H groups in total. The summed E-state index contributed by atoms with van der Waals surface area (Å²) >= 11 is 1.46. The first-order valence-corrected chi connectivity index (χ1v) is 10.6. The van der Waals surface area contributed by atoms with Crippen LogP contribution in [0.25, 0.3) is 0 Å². The lowest BCUT2D eigenvalue weighted by atomic mass is 9.86. The highest BCUT2D eigenvalue weighted by molar-refractivity contribution is 7.09. The Hall–Kier alpha value is -3.01. The summed E-state index contributed by atoms with van der Waals surface area (Å²) in [5.41, 5.74) is 1.55. The zero-order chi connectivity index (χ0) is 22.0. The molecule has 1 aliphatic rings. The van der Waals surface area contributed by atoms with E-state index in [9.17, 15) is 18.0 Å². The van der Waals surface area contributed by atoms with Crippen LogP contribution < -0.4 is 10.6 Å². The zero-order valence-corrected chi connectivity index (χ0v) is 17.4. The smallest absolute Gasteiger partial charge is 0.355 e. The zero-order valence-electron chi connectivity index (χ0n) is 16.6. The Morgan fingerprint density at radius 2 is 2.03 bits per heavy atom. The Bertz CT molecular complexity index is 1070. The van der Waals surface area contributed by atoms with Gasteiger partial charge in [-0.15, -0.1) is 11.3 Å². The van der Waals surface area contributed by atoms with E-state index >= 15 is 0 Å². The van der Waals surface area contributed by atoms with Crippen LogP contribution in [-0.4, -0.2) is 27.4 Å². The number of hydrogen-bond donors (Lipinski definition) is 2. The maximum absolute atomic E-state index is 12.9. The molecule has 0 aliphatic carbocycles. The molecule has 1 aromatic carbocycles. The van der Waals surface area contributed by atoms with Gasteiger partial charge >= 0.3 is 6.18 Å². The van der Waals surface area contributed by atoms with Crippen LogP contribution in [0, 0.1) is 6.92 Å². The van der Waals surface area contributed by atoms with Crippen LogP contribution in [0.4, 0.5) is 24.8 Å². The van der Waals surface area contributed by atoms with Crippen LogP contribution in [0.15, 0.2) is 42.0 Å². The van der Waals surface area contributed by atoms with E-state index in [1.807, 2.05) is 30.5 Å². The molecule has 6 nitrogen and oxygen atoms in total. The number of aryl methyl sites for hydroxylation is 1. The SMILES string of the molecule is Cc1cc(Nc2nccc(C(F)(F)F)n2)cc(C2CCNC(=O)C(c3nccs3)C2)c1. The number of anilines is 2. The predicted molar refractivity (Wildman–Crippen MR) is 111 cm³/mol. The van der Waals surface area contributed by atoms with E-state index in [-0.39, 0.29) is 23.7 Å². The molecular formula is C21H20F3N5OS. The topological polar surface area (TPSA) is 79.8 Å².